The van der Waals surface area contributed by atoms with Gasteiger partial charge in [-0.3, -0.25) is 4.57 Å². The summed E-state index contributed by atoms with van der Waals surface area (Å²) in [5, 5.41) is 5.56. The van der Waals surface area contributed by atoms with Crippen molar-refractivity contribution in [2.45, 2.75) is 6.92 Å². The number of anilines is 2. The Hall–Kier alpha value is -4.60. The van der Waals surface area contributed by atoms with Gasteiger partial charge in [-0.05, 0) is 43.3 Å². The molecule has 2 aromatic heterocycles. The van der Waals surface area contributed by atoms with Gasteiger partial charge in [0, 0.05) is 35.9 Å². The van der Waals surface area contributed by atoms with Crippen LogP contribution >= 0.6 is 0 Å². The molecule has 2 aromatic carbocycles. The van der Waals surface area contributed by atoms with Crippen LogP contribution < -0.4 is 24.8 Å². The molecule has 3 heterocycles. The summed E-state index contributed by atoms with van der Waals surface area (Å²) in [4.78, 5) is 25.1. The van der Waals surface area contributed by atoms with Crippen molar-refractivity contribution in [3.05, 3.63) is 73.1 Å². The molecule has 0 bridgehead atoms. The number of fused-ring (bicyclic) bond motifs is 1. The van der Waals surface area contributed by atoms with E-state index in [-0.39, 0.29) is 6.03 Å². The maximum atomic E-state index is 12.4. The predicted molar refractivity (Wildman–Crippen MR) is 120 cm³/mol. The van der Waals surface area contributed by atoms with Crippen LogP contribution in [0.4, 0.5) is 16.2 Å². The maximum Gasteiger partial charge on any atom is 0.323 e. The summed E-state index contributed by atoms with van der Waals surface area (Å²) >= 11 is 0. The van der Waals surface area contributed by atoms with E-state index in [9.17, 15) is 4.79 Å². The summed E-state index contributed by atoms with van der Waals surface area (Å²) in [7, 11) is 0. The number of aromatic nitrogens is 4. The topological polar surface area (TPSA) is 112 Å². The van der Waals surface area contributed by atoms with Crippen molar-refractivity contribution < 1.29 is 19.0 Å². The quantitative estimate of drug-likeness (QED) is 0.475. The lowest BCUT2D eigenvalue weighted by molar-refractivity contribution is 0.171. The van der Waals surface area contributed by atoms with E-state index in [1.807, 2.05) is 0 Å². The van der Waals surface area contributed by atoms with Crippen molar-refractivity contribution >= 4 is 17.4 Å². The van der Waals surface area contributed by atoms with Crippen molar-refractivity contribution in [2.75, 3.05) is 23.8 Å². The Bertz CT molecular complexity index is 1270. The molecule has 0 radical (unpaired) electrons. The number of ether oxygens (including phenoxy) is 3. The monoisotopic (exact) mass is 444 g/mol. The minimum Gasteiger partial charge on any atom is -0.486 e. The van der Waals surface area contributed by atoms with Gasteiger partial charge in [-0.15, -0.1) is 0 Å². The summed E-state index contributed by atoms with van der Waals surface area (Å²) in [6, 6.07) is 13.6. The number of nitrogens with one attached hydrogen (secondary N) is 2. The van der Waals surface area contributed by atoms with Gasteiger partial charge in [0.15, 0.2) is 11.5 Å². The number of aryl methyl sites for hydroxylation is 1. The molecule has 0 aliphatic carbocycles. The summed E-state index contributed by atoms with van der Waals surface area (Å²) in [6.45, 7) is 2.79. The normalized spacial score (nSPS) is 12.2. The fourth-order valence-electron chi connectivity index (χ4n) is 3.25. The van der Waals surface area contributed by atoms with Gasteiger partial charge >= 0.3 is 6.03 Å². The molecule has 1 aliphatic heterocycles. The second-order valence-corrected chi connectivity index (χ2v) is 7.15. The zero-order valence-electron chi connectivity index (χ0n) is 17.7. The van der Waals surface area contributed by atoms with Gasteiger partial charge in [-0.1, -0.05) is 0 Å². The van der Waals surface area contributed by atoms with E-state index in [2.05, 4.69) is 25.6 Å². The highest BCUT2D eigenvalue weighted by molar-refractivity contribution is 5.99. The third-order valence-corrected chi connectivity index (χ3v) is 4.70. The van der Waals surface area contributed by atoms with Crippen LogP contribution in [0.2, 0.25) is 0 Å². The highest BCUT2D eigenvalue weighted by atomic mass is 16.6. The molecule has 0 fully saturated rings. The Morgan fingerprint density at radius 2 is 1.73 bits per heavy atom. The van der Waals surface area contributed by atoms with Crippen molar-refractivity contribution in [3.8, 4) is 28.9 Å². The van der Waals surface area contributed by atoms with E-state index in [1.165, 1.54) is 0 Å². The molecule has 2 N–H and O–H groups in total. The minimum absolute atomic E-state index is 0.378. The lowest BCUT2D eigenvalue weighted by Crippen LogP contribution is -2.20. The van der Waals surface area contributed by atoms with Crippen LogP contribution in [0, 0.1) is 6.92 Å². The number of urea groups is 1. The fourth-order valence-corrected chi connectivity index (χ4v) is 3.25. The first-order valence-electron chi connectivity index (χ1n) is 10.2. The third-order valence-electron chi connectivity index (χ3n) is 4.70. The predicted octanol–water partition coefficient (Wildman–Crippen LogP) is 4.18. The number of benzene rings is 2. The molecule has 10 heteroatoms. The first-order valence-corrected chi connectivity index (χ1v) is 10.2. The number of hydrogen-bond donors (Lipinski definition) is 2. The van der Waals surface area contributed by atoms with Crippen molar-refractivity contribution in [1.29, 1.82) is 0 Å². The SMILES string of the molecule is Cc1nc(Oc2ccc(NC(=O)Nc3ccc4c(c3)OCCO4)cc2)cc(-n2ccnc2)n1. The molecule has 0 saturated heterocycles. The smallest absolute Gasteiger partial charge is 0.323 e. The van der Waals surface area contributed by atoms with Gasteiger partial charge in [0.1, 0.15) is 36.9 Å². The van der Waals surface area contributed by atoms with Crippen LogP contribution in [0.1, 0.15) is 5.82 Å². The molecular weight excluding hydrogens is 424 g/mol. The second kappa shape index (κ2) is 8.87. The van der Waals surface area contributed by atoms with E-state index < -0.39 is 0 Å². The largest absolute Gasteiger partial charge is 0.486 e. The van der Waals surface area contributed by atoms with Gasteiger partial charge < -0.3 is 24.8 Å². The number of carbonyl (C=O) groups is 1. The number of nitrogens with zero attached hydrogens (tertiary/aromatic N) is 4. The molecule has 1 aliphatic rings. The van der Waals surface area contributed by atoms with Crippen LogP contribution in [-0.4, -0.2) is 38.8 Å². The molecule has 0 saturated carbocycles. The lowest BCUT2D eigenvalue weighted by atomic mass is 10.2. The highest BCUT2D eigenvalue weighted by Gasteiger charge is 2.13. The first-order chi connectivity index (χ1) is 16.1. The van der Waals surface area contributed by atoms with Crippen molar-refractivity contribution in [2.24, 2.45) is 0 Å². The van der Waals surface area contributed by atoms with Gasteiger partial charge in [-0.25, -0.2) is 14.8 Å². The Balaban J connectivity index is 1.22. The van der Waals surface area contributed by atoms with E-state index >= 15 is 0 Å². The molecular formula is C23H20N6O4. The third kappa shape index (κ3) is 4.85. The maximum absolute atomic E-state index is 12.4. The van der Waals surface area contributed by atoms with Gasteiger partial charge in [0.05, 0.1) is 0 Å². The molecule has 0 spiro atoms. The Morgan fingerprint density at radius 1 is 0.970 bits per heavy atom. The molecule has 5 rings (SSSR count). The van der Waals surface area contributed by atoms with E-state index in [4.69, 9.17) is 14.2 Å². The molecule has 0 unspecified atom stereocenters. The number of carbonyl (C=O) groups excluding carboxylic acids is 1. The zero-order chi connectivity index (χ0) is 22.6. The molecule has 0 atom stereocenters. The van der Waals surface area contributed by atoms with Crippen molar-refractivity contribution in [1.82, 2.24) is 19.5 Å². The molecule has 33 heavy (non-hydrogen) atoms. The molecule has 2 amide bonds. The number of hydrogen-bond acceptors (Lipinski definition) is 7. The van der Waals surface area contributed by atoms with Crippen LogP contribution in [0.15, 0.2) is 67.3 Å². The molecule has 4 aromatic rings. The molecule has 10 nitrogen and oxygen atoms in total. The second-order valence-electron chi connectivity index (χ2n) is 7.15. The molecule has 166 valence electrons. The van der Waals surface area contributed by atoms with E-state index in [1.54, 1.807) is 78.7 Å². The zero-order valence-corrected chi connectivity index (χ0v) is 17.7. The summed E-state index contributed by atoms with van der Waals surface area (Å²) < 4.78 is 18.7. The van der Waals surface area contributed by atoms with Crippen LogP contribution in [-0.2, 0) is 0 Å². The van der Waals surface area contributed by atoms with E-state index in [0.29, 0.717) is 59.4 Å². The number of rotatable bonds is 5. The number of imidazole rings is 1. The minimum atomic E-state index is -0.378. The summed E-state index contributed by atoms with van der Waals surface area (Å²) in [6.07, 6.45) is 5.12. The lowest BCUT2D eigenvalue weighted by Gasteiger charge is -2.19. The highest BCUT2D eigenvalue weighted by Crippen LogP contribution is 2.32. The Kier molecular flexibility index (Phi) is 5.46. The van der Waals surface area contributed by atoms with Gasteiger partial charge in [0.2, 0.25) is 5.88 Å². The first kappa shape index (κ1) is 20.3. The van der Waals surface area contributed by atoms with Gasteiger partial charge in [0.25, 0.3) is 0 Å². The van der Waals surface area contributed by atoms with Crippen molar-refractivity contribution in [3.63, 3.8) is 0 Å². The number of amides is 2. The van der Waals surface area contributed by atoms with Crippen LogP contribution in [0.3, 0.4) is 0 Å². The van der Waals surface area contributed by atoms with Gasteiger partial charge in [-0.2, -0.15) is 4.98 Å². The standard InChI is InChI=1S/C23H20N6O4/c1-15-25-21(29-9-8-24-14-29)13-22(26-15)33-18-5-2-16(3-6-18)27-23(30)28-17-4-7-19-20(12-17)32-11-10-31-19/h2-9,12-14H,10-11H2,1H3,(H2,27,28,30). The van der Waals surface area contributed by atoms with Crippen LogP contribution in [0.25, 0.3) is 5.82 Å². The van der Waals surface area contributed by atoms with E-state index in [0.717, 1.165) is 0 Å². The summed E-state index contributed by atoms with van der Waals surface area (Å²) in [5.74, 6) is 3.48. The summed E-state index contributed by atoms with van der Waals surface area (Å²) in [5.41, 5.74) is 1.21. The Labute approximate surface area is 189 Å². The average Bonchev–Trinajstić information content (AvgIpc) is 3.35. The average molecular weight is 444 g/mol. The fraction of sp³-hybridized carbons (Fsp3) is 0.130. The Morgan fingerprint density at radius 3 is 2.52 bits per heavy atom. The van der Waals surface area contributed by atoms with Crippen LogP contribution in [0.5, 0.6) is 23.1 Å².